The second-order valence-electron chi connectivity index (χ2n) is 6.49. The van der Waals surface area contributed by atoms with Gasteiger partial charge in [0.2, 0.25) is 0 Å². The Morgan fingerprint density at radius 2 is 2.11 bits per heavy atom. The highest BCUT2D eigenvalue weighted by atomic mass is 16.5. The third kappa shape index (κ3) is 3.46. The van der Waals surface area contributed by atoms with E-state index in [2.05, 4.69) is 13.8 Å². The SMILES string of the molecule is CC(C)CCOCCC1(CN)CCOC1C1CC1. The van der Waals surface area contributed by atoms with Gasteiger partial charge in [-0.25, -0.2) is 0 Å². The molecule has 0 aromatic carbocycles. The van der Waals surface area contributed by atoms with Crippen molar-refractivity contribution in [1.82, 2.24) is 0 Å². The van der Waals surface area contributed by atoms with Crippen LogP contribution in [0.4, 0.5) is 0 Å². The van der Waals surface area contributed by atoms with Crippen LogP contribution in [0.3, 0.4) is 0 Å². The Morgan fingerprint density at radius 3 is 2.72 bits per heavy atom. The second kappa shape index (κ2) is 6.36. The first kappa shape index (κ1) is 14.3. The van der Waals surface area contributed by atoms with Crippen LogP contribution in [-0.4, -0.2) is 32.5 Å². The topological polar surface area (TPSA) is 44.5 Å². The predicted molar refractivity (Wildman–Crippen MR) is 73.5 cm³/mol. The first-order chi connectivity index (χ1) is 8.68. The molecule has 3 nitrogen and oxygen atoms in total. The Hall–Kier alpha value is -0.120. The highest BCUT2D eigenvalue weighted by Crippen LogP contribution is 2.49. The van der Waals surface area contributed by atoms with Gasteiger partial charge < -0.3 is 15.2 Å². The molecule has 0 aromatic heterocycles. The van der Waals surface area contributed by atoms with Crippen molar-refractivity contribution < 1.29 is 9.47 Å². The highest BCUT2D eigenvalue weighted by Gasteiger charge is 2.49. The molecule has 0 radical (unpaired) electrons. The minimum absolute atomic E-state index is 0.207. The fourth-order valence-electron chi connectivity index (χ4n) is 3.03. The zero-order chi connectivity index (χ0) is 13.0. The van der Waals surface area contributed by atoms with Crippen LogP contribution in [0, 0.1) is 17.3 Å². The lowest BCUT2D eigenvalue weighted by molar-refractivity contribution is 0.0115. The van der Waals surface area contributed by atoms with Crippen molar-refractivity contribution in [1.29, 1.82) is 0 Å². The molecule has 106 valence electrons. The molecule has 1 saturated heterocycles. The lowest BCUT2D eigenvalue weighted by Gasteiger charge is -2.33. The summed E-state index contributed by atoms with van der Waals surface area (Å²) in [6, 6.07) is 0. The van der Waals surface area contributed by atoms with Gasteiger partial charge in [-0.05, 0) is 43.9 Å². The molecule has 0 amide bonds. The van der Waals surface area contributed by atoms with Crippen molar-refractivity contribution in [2.75, 3.05) is 26.4 Å². The van der Waals surface area contributed by atoms with Crippen LogP contribution in [0.1, 0.15) is 46.0 Å². The largest absolute Gasteiger partial charge is 0.381 e. The molecule has 0 spiro atoms. The van der Waals surface area contributed by atoms with Crippen LogP contribution in [0.2, 0.25) is 0 Å². The zero-order valence-corrected chi connectivity index (χ0v) is 12.0. The molecular formula is C15H29NO2. The average molecular weight is 255 g/mol. The number of hydrogen-bond acceptors (Lipinski definition) is 3. The first-order valence-electron chi connectivity index (χ1n) is 7.57. The standard InChI is InChI=1S/C15H29NO2/c1-12(2)5-8-17-9-6-15(11-16)7-10-18-14(15)13-3-4-13/h12-14H,3-11,16H2,1-2H3. The Labute approximate surface area is 111 Å². The summed E-state index contributed by atoms with van der Waals surface area (Å²) in [7, 11) is 0. The summed E-state index contributed by atoms with van der Waals surface area (Å²) in [4.78, 5) is 0. The van der Waals surface area contributed by atoms with Crippen molar-refractivity contribution in [3.63, 3.8) is 0 Å². The van der Waals surface area contributed by atoms with Crippen molar-refractivity contribution in [3.05, 3.63) is 0 Å². The molecule has 1 aliphatic heterocycles. The summed E-state index contributed by atoms with van der Waals surface area (Å²) in [5, 5.41) is 0. The van der Waals surface area contributed by atoms with Crippen LogP contribution in [0.25, 0.3) is 0 Å². The van der Waals surface area contributed by atoms with Crippen molar-refractivity contribution in [3.8, 4) is 0 Å². The third-order valence-electron chi connectivity index (χ3n) is 4.54. The molecule has 1 aliphatic carbocycles. The van der Waals surface area contributed by atoms with E-state index in [1.807, 2.05) is 0 Å². The maximum absolute atomic E-state index is 6.05. The predicted octanol–water partition coefficient (Wildman–Crippen LogP) is 2.58. The smallest absolute Gasteiger partial charge is 0.0673 e. The van der Waals surface area contributed by atoms with Crippen molar-refractivity contribution in [2.24, 2.45) is 23.0 Å². The summed E-state index contributed by atoms with van der Waals surface area (Å²) < 4.78 is 11.7. The molecule has 3 heteroatoms. The quantitative estimate of drug-likeness (QED) is 0.678. The van der Waals surface area contributed by atoms with E-state index in [-0.39, 0.29) is 5.41 Å². The minimum Gasteiger partial charge on any atom is -0.381 e. The first-order valence-corrected chi connectivity index (χ1v) is 7.57. The van der Waals surface area contributed by atoms with Crippen molar-refractivity contribution in [2.45, 2.75) is 52.1 Å². The number of hydrogen-bond donors (Lipinski definition) is 1. The van der Waals surface area contributed by atoms with Crippen LogP contribution in [-0.2, 0) is 9.47 Å². The fraction of sp³-hybridized carbons (Fsp3) is 1.00. The van der Waals surface area contributed by atoms with Gasteiger partial charge in [-0.2, -0.15) is 0 Å². The van der Waals surface area contributed by atoms with Gasteiger partial charge in [-0.15, -0.1) is 0 Å². The molecular weight excluding hydrogens is 226 g/mol. The molecule has 1 heterocycles. The molecule has 2 fully saturated rings. The van der Waals surface area contributed by atoms with E-state index in [9.17, 15) is 0 Å². The fourth-order valence-corrected chi connectivity index (χ4v) is 3.03. The van der Waals surface area contributed by atoms with Gasteiger partial charge in [0.05, 0.1) is 6.10 Å². The third-order valence-corrected chi connectivity index (χ3v) is 4.54. The molecule has 18 heavy (non-hydrogen) atoms. The zero-order valence-electron chi connectivity index (χ0n) is 12.0. The molecule has 2 atom stereocenters. The van der Waals surface area contributed by atoms with Gasteiger partial charge >= 0.3 is 0 Å². The molecule has 0 aromatic rings. The van der Waals surface area contributed by atoms with Crippen LogP contribution >= 0.6 is 0 Å². The van der Waals surface area contributed by atoms with E-state index in [0.717, 1.165) is 57.5 Å². The van der Waals surface area contributed by atoms with Crippen LogP contribution in [0.15, 0.2) is 0 Å². The van der Waals surface area contributed by atoms with Crippen molar-refractivity contribution >= 4 is 0 Å². The molecule has 2 rings (SSSR count). The minimum atomic E-state index is 0.207. The van der Waals surface area contributed by atoms with Gasteiger partial charge in [0, 0.05) is 31.8 Å². The van der Waals surface area contributed by atoms with Gasteiger partial charge in [-0.1, -0.05) is 13.8 Å². The van der Waals surface area contributed by atoms with Gasteiger partial charge in [0.15, 0.2) is 0 Å². The molecule has 2 unspecified atom stereocenters. The lowest BCUT2D eigenvalue weighted by Crippen LogP contribution is -2.40. The van der Waals surface area contributed by atoms with E-state index >= 15 is 0 Å². The second-order valence-corrected chi connectivity index (χ2v) is 6.49. The van der Waals surface area contributed by atoms with Crippen LogP contribution < -0.4 is 5.73 Å². The number of nitrogens with two attached hydrogens (primary N) is 1. The Balaban J connectivity index is 1.73. The molecule has 1 saturated carbocycles. The van der Waals surface area contributed by atoms with Gasteiger partial charge in [0.25, 0.3) is 0 Å². The summed E-state index contributed by atoms with van der Waals surface area (Å²) in [5.74, 6) is 1.51. The number of rotatable bonds is 8. The maximum Gasteiger partial charge on any atom is 0.0673 e. The lowest BCUT2D eigenvalue weighted by atomic mass is 9.76. The summed E-state index contributed by atoms with van der Waals surface area (Å²) in [6.07, 6.45) is 6.43. The maximum atomic E-state index is 6.05. The Kier molecular flexibility index (Phi) is 5.05. The van der Waals surface area contributed by atoms with E-state index in [1.54, 1.807) is 0 Å². The molecule has 0 bridgehead atoms. The molecule has 2 aliphatic rings. The van der Waals surface area contributed by atoms with Gasteiger partial charge in [0.1, 0.15) is 0 Å². The average Bonchev–Trinajstić information content (AvgIpc) is 3.10. The monoisotopic (exact) mass is 255 g/mol. The van der Waals surface area contributed by atoms with E-state index in [1.165, 1.54) is 12.8 Å². The van der Waals surface area contributed by atoms with Crippen LogP contribution in [0.5, 0.6) is 0 Å². The number of ether oxygens (including phenoxy) is 2. The summed E-state index contributed by atoms with van der Waals surface area (Å²) >= 11 is 0. The Bertz CT molecular complexity index is 253. The van der Waals surface area contributed by atoms with E-state index in [0.29, 0.717) is 6.10 Å². The summed E-state index contributed by atoms with van der Waals surface area (Å²) in [6.45, 7) is 7.84. The molecule has 2 N–H and O–H groups in total. The highest BCUT2D eigenvalue weighted by molar-refractivity contribution is 4.99. The van der Waals surface area contributed by atoms with E-state index in [4.69, 9.17) is 15.2 Å². The van der Waals surface area contributed by atoms with Gasteiger partial charge in [-0.3, -0.25) is 0 Å². The normalized spacial score (nSPS) is 32.3. The summed E-state index contributed by atoms with van der Waals surface area (Å²) in [5.41, 5.74) is 6.26. The van der Waals surface area contributed by atoms with E-state index < -0.39 is 0 Å². The Morgan fingerprint density at radius 1 is 1.33 bits per heavy atom.